The molecule has 2 aromatic heterocycles. The number of aryl methyl sites for hydroxylation is 1. The Morgan fingerprint density at radius 2 is 1.95 bits per heavy atom. The molecular formula is C17H18N2. The van der Waals surface area contributed by atoms with Crippen LogP contribution in [0.4, 0.5) is 0 Å². The number of benzene rings is 1. The largest absolute Gasteiger partial charge is 0.350 e. The first-order valence-corrected chi connectivity index (χ1v) is 6.67. The molecule has 3 aromatic rings. The molecule has 0 N–H and O–H groups in total. The molecule has 0 amide bonds. The summed E-state index contributed by atoms with van der Waals surface area (Å²) in [6.07, 6.45) is 4.07. The Morgan fingerprint density at radius 1 is 1.11 bits per heavy atom. The van der Waals surface area contributed by atoms with Gasteiger partial charge in [-0.2, -0.15) is 0 Å². The number of hydrogen-bond acceptors (Lipinski definition) is 1. The molecule has 0 aliphatic carbocycles. The lowest BCUT2D eigenvalue weighted by Gasteiger charge is -2.05. The van der Waals surface area contributed by atoms with Gasteiger partial charge in [-0.1, -0.05) is 26.0 Å². The molecular weight excluding hydrogens is 232 g/mol. The lowest BCUT2D eigenvalue weighted by Crippen LogP contribution is -1.85. The summed E-state index contributed by atoms with van der Waals surface area (Å²) < 4.78 is 2.20. The van der Waals surface area contributed by atoms with Gasteiger partial charge in [0.15, 0.2) is 0 Å². The van der Waals surface area contributed by atoms with Crippen molar-refractivity contribution in [2.45, 2.75) is 19.8 Å². The maximum absolute atomic E-state index is 4.43. The second-order valence-corrected chi connectivity index (χ2v) is 5.30. The molecule has 0 saturated heterocycles. The molecule has 3 rings (SSSR count). The molecule has 96 valence electrons. The zero-order chi connectivity index (χ0) is 13.4. The van der Waals surface area contributed by atoms with E-state index in [-0.39, 0.29) is 0 Å². The van der Waals surface area contributed by atoms with E-state index in [2.05, 4.69) is 60.9 Å². The molecule has 0 fully saturated rings. The van der Waals surface area contributed by atoms with E-state index in [0.717, 1.165) is 5.69 Å². The zero-order valence-corrected chi connectivity index (χ0v) is 11.6. The third-order valence-corrected chi connectivity index (χ3v) is 3.60. The van der Waals surface area contributed by atoms with Gasteiger partial charge in [0.2, 0.25) is 0 Å². The molecule has 0 radical (unpaired) electrons. The molecule has 19 heavy (non-hydrogen) atoms. The van der Waals surface area contributed by atoms with Crippen LogP contribution in [0.3, 0.4) is 0 Å². The highest BCUT2D eigenvalue weighted by atomic mass is 14.9. The second-order valence-electron chi connectivity index (χ2n) is 5.30. The molecule has 0 unspecified atom stereocenters. The molecule has 0 bridgehead atoms. The minimum atomic E-state index is 0.530. The van der Waals surface area contributed by atoms with Crippen LogP contribution < -0.4 is 0 Å². The van der Waals surface area contributed by atoms with E-state index in [1.807, 2.05) is 18.3 Å². The van der Waals surface area contributed by atoms with Gasteiger partial charge < -0.3 is 4.57 Å². The van der Waals surface area contributed by atoms with Crippen LogP contribution in [-0.4, -0.2) is 9.55 Å². The average Bonchev–Trinajstić information content (AvgIpc) is 2.77. The number of nitrogens with zero attached hydrogens (tertiary/aromatic N) is 2. The fraction of sp³-hybridized carbons (Fsp3) is 0.235. The van der Waals surface area contributed by atoms with E-state index in [1.165, 1.54) is 22.0 Å². The van der Waals surface area contributed by atoms with Crippen LogP contribution in [0.1, 0.15) is 25.3 Å². The fourth-order valence-corrected chi connectivity index (χ4v) is 2.58. The standard InChI is InChI=1S/C17H18N2/c1-12(2)15-11-19(3)17-8-7-13(10-14(15)17)16-6-4-5-9-18-16/h4-12H,1-3H3. The van der Waals surface area contributed by atoms with Crippen molar-refractivity contribution in [1.82, 2.24) is 9.55 Å². The van der Waals surface area contributed by atoms with Crippen molar-refractivity contribution >= 4 is 10.9 Å². The van der Waals surface area contributed by atoms with Gasteiger partial charge in [0, 0.05) is 35.9 Å². The van der Waals surface area contributed by atoms with E-state index in [0.29, 0.717) is 5.92 Å². The van der Waals surface area contributed by atoms with Crippen LogP contribution >= 0.6 is 0 Å². The first kappa shape index (κ1) is 12.0. The lowest BCUT2D eigenvalue weighted by atomic mass is 10.0. The quantitative estimate of drug-likeness (QED) is 0.660. The Balaban J connectivity index is 2.23. The minimum Gasteiger partial charge on any atom is -0.350 e. The maximum Gasteiger partial charge on any atom is 0.0702 e. The first-order valence-electron chi connectivity index (χ1n) is 6.67. The van der Waals surface area contributed by atoms with Crippen molar-refractivity contribution in [2.24, 2.45) is 7.05 Å². The van der Waals surface area contributed by atoms with Gasteiger partial charge in [-0.25, -0.2) is 0 Å². The summed E-state index contributed by atoms with van der Waals surface area (Å²) in [6.45, 7) is 4.48. The van der Waals surface area contributed by atoms with Crippen LogP contribution in [0.15, 0.2) is 48.8 Å². The number of hydrogen-bond donors (Lipinski definition) is 0. The average molecular weight is 250 g/mol. The third-order valence-electron chi connectivity index (χ3n) is 3.60. The first-order chi connectivity index (χ1) is 9.16. The highest BCUT2D eigenvalue weighted by Gasteiger charge is 2.11. The van der Waals surface area contributed by atoms with E-state index in [4.69, 9.17) is 0 Å². The van der Waals surface area contributed by atoms with Gasteiger partial charge in [-0.3, -0.25) is 4.98 Å². The molecule has 0 aliphatic rings. The molecule has 0 spiro atoms. The van der Waals surface area contributed by atoms with Gasteiger partial charge in [0.25, 0.3) is 0 Å². The van der Waals surface area contributed by atoms with Gasteiger partial charge >= 0.3 is 0 Å². The molecule has 1 aromatic carbocycles. The van der Waals surface area contributed by atoms with E-state index in [1.54, 1.807) is 0 Å². The third kappa shape index (κ3) is 2.03. The van der Waals surface area contributed by atoms with Crippen molar-refractivity contribution < 1.29 is 0 Å². The maximum atomic E-state index is 4.43. The highest BCUT2D eigenvalue weighted by Crippen LogP contribution is 2.30. The van der Waals surface area contributed by atoms with Crippen molar-refractivity contribution in [3.8, 4) is 11.3 Å². The van der Waals surface area contributed by atoms with Crippen LogP contribution in [0.5, 0.6) is 0 Å². The summed E-state index contributed by atoms with van der Waals surface area (Å²) >= 11 is 0. The minimum absolute atomic E-state index is 0.530. The number of aromatic nitrogens is 2. The molecule has 0 aliphatic heterocycles. The van der Waals surface area contributed by atoms with Crippen molar-refractivity contribution in [3.05, 3.63) is 54.4 Å². The SMILES string of the molecule is CC(C)c1cn(C)c2ccc(-c3ccccn3)cc12. The summed E-state index contributed by atoms with van der Waals surface area (Å²) in [5.41, 5.74) is 4.89. The normalized spacial score (nSPS) is 11.4. The lowest BCUT2D eigenvalue weighted by molar-refractivity contribution is 0.857. The Kier molecular flexibility index (Phi) is 2.86. The number of pyridine rings is 1. The predicted molar refractivity (Wildman–Crippen MR) is 80.2 cm³/mol. The van der Waals surface area contributed by atoms with Crippen molar-refractivity contribution in [2.75, 3.05) is 0 Å². The van der Waals surface area contributed by atoms with Gasteiger partial charge in [-0.15, -0.1) is 0 Å². The van der Waals surface area contributed by atoms with Crippen LogP contribution in [0.25, 0.3) is 22.2 Å². The number of fused-ring (bicyclic) bond motifs is 1. The Labute approximate surface area is 113 Å². The summed E-state index contributed by atoms with van der Waals surface area (Å²) in [7, 11) is 2.11. The smallest absolute Gasteiger partial charge is 0.0702 e. The fourth-order valence-electron chi connectivity index (χ4n) is 2.58. The van der Waals surface area contributed by atoms with Crippen molar-refractivity contribution in [1.29, 1.82) is 0 Å². The second kappa shape index (κ2) is 4.54. The summed E-state index contributed by atoms with van der Waals surface area (Å²) in [5, 5.41) is 1.33. The summed E-state index contributed by atoms with van der Waals surface area (Å²) in [4.78, 5) is 4.43. The predicted octanol–water partition coefficient (Wildman–Crippen LogP) is 4.36. The van der Waals surface area contributed by atoms with Crippen molar-refractivity contribution in [3.63, 3.8) is 0 Å². The topological polar surface area (TPSA) is 17.8 Å². The molecule has 0 saturated carbocycles. The summed E-state index contributed by atoms with van der Waals surface area (Å²) in [6, 6.07) is 12.6. The van der Waals surface area contributed by atoms with Crippen LogP contribution in [0.2, 0.25) is 0 Å². The van der Waals surface area contributed by atoms with Gasteiger partial charge in [0.05, 0.1) is 5.69 Å². The number of rotatable bonds is 2. The van der Waals surface area contributed by atoms with E-state index < -0.39 is 0 Å². The summed E-state index contributed by atoms with van der Waals surface area (Å²) in [5.74, 6) is 0.530. The van der Waals surface area contributed by atoms with Crippen LogP contribution in [-0.2, 0) is 7.05 Å². The molecule has 2 nitrogen and oxygen atoms in total. The van der Waals surface area contributed by atoms with Crippen LogP contribution in [0, 0.1) is 0 Å². The molecule has 2 heteroatoms. The molecule has 0 atom stereocenters. The highest BCUT2D eigenvalue weighted by molar-refractivity contribution is 5.88. The Hall–Kier alpha value is -2.09. The zero-order valence-electron chi connectivity index (χ0n) is 11.6. The van der Waals surface area contributed by atoms with E-state index >= 15 is 0 Å². The van der Waals surface area contributed by atoms with Gasteiger partial charge in [0.1, 0.15) is 0 Å². The molecule has 2 heterocycles. The van der Waals surface area contributed by atoms with E-state index in [9.17, 15) is 0 Å². The Morgan fingerprint density at radius 3 is 2.63 bits per heavy atom. The monoisotopic (exact) mass is 250 g/mol. The van der Waals surface area contributed by atoms with Gasteiger partial charge in [-0.05, 0) is 35.7 Å². The Bertz CT molecular complexity index is 709.